The molecule has 0 unspecified atom stereocenters. The summed E-state index contributed by atoms with van der Waals surface area (Å²) in [5.41, 5.74) is 3.49. The average molecular weight is 1140 g/mol. The van der Waals surface area contributed by atoms with Gasteiger partial charge >= 0.3 is 16.5 Å². The van der Waals surface area contributed by atoms with Gasteiger partial charge in [-0.3, -0.25) is 23.5 Å². The second-order valence-electron chi connectivity index (χ2n) is 25.0. The van der Waals surface area contributed by atoms with E-state index in [2.05, 4.69) is 200 Å². The molecular formula is C63H65NO8P2Si4. The molecule has 0 N–H and O–H groups in total. The van der Waals surface area contributed by atoms with Gasteiger partial charge in [-0.05, 0) is 69.4 Å². The van der Waals surface area contributed by atoms with Crippen LogP contribution in [0.2, 0.25) is 78.6 Å². The summed E-state index contributed by atoms with van der Waals surface area (Å²) < 4.78 is 43.7. The Kier molecular flexibility index (Phi) is 12.9. The Bertz CT molecular complexity index is 3890. The summed E-state index contributed by atoms with van der Waals surface area (Å²) >= 11 is 0. The highest BCUT2D eigenvalue weighted by Crippen LogP contribution is 2.45. The molecule has 0 radical (unpaired) electrons. The van der Waals surface area contributed by atoms with E-state index in [1.165, 1.54) is 4.90 Å². The highest BCUT2D eigenvalue weighted by atomic mass is 31.1. The number of likely N-dealkylation sites (tertiary alicyclic amines) is 1. The zero-order valence-electron chi connectivity index (χ0n) is 46.4. The van der Waals surface area contributed by atoms with Crippen molar-refractivity contribution in [2.24, 2.45) is 0 Å². The fourth-order valence-electron chi connectivity index (χ4n) is 11.3. The van der Waals surface area contributed by atoms with Crippen LogP contribution in [-0.4, -0.2) is 61.2 Å². The quantitative estimate of drug-likeness (QED) is 0.0984. The second kappa shape index (κ2) is 19.2. The molecule has 15 heteroatoms. The molecule has 9 aromatic carbocycles. The largest absolute Gasteiger partial charge is 0.399 e. The third kappa shape index (κ3) is 9.16. The summed E-state index contributed by atoms with van der Waals surface area (Å²) in [6.45, 7) is 27.8. The standard InChI is InChI=1S/C63H65NO8P2Si4/c1-75(2,3)48-34-40-26-16-20-30-44(40)52-53-45-31-21-17-27-41(45)35-49(76(4,5)6)57(53)68-73(67-56(48)52)71-60-61(63(66)64(62(60)65)38-39-24-14-13-15-25-39)72-74-69-58-50(77(7,8)9)36-42-28-18-22-32-46(42)54(58)55-47-33-23-19-29-43(47)37-51(59(55)70-74)78(10,11)12/h13-37,60-61H,38H2,1-12H3/t60-,61-/m1/s1. The maximum atomic E-state index is 15.5. The molecule has 0 saturated carbocycles. The highest BCUT2D eigenvalue weighted by molar-refractivity contribution is 7.32. The van der Waals surface area contributed by atoms with Gasteiger partial charge in [-0.15, -0.1) is 0 Å². The monoisotopic (exact) mass is 1140 g/mol. The van der Waals surface area contributed by atoms with Gasteiger partial charge in [0.15, 0.2) is 12.2 Å². The molecule has 78 heavy (non-hydrogen) atoms. The number of hydrogen-bond donors (Lipinski definition) is 0. The van der Waals surface area contributed by atoms with E-state index in [-0.39, 0.29) is 6.54 Å². The number of rotatable bonds is 10. The van der Waals surface area contributed by atoms with Crippen LogP contribution >= 0.6 is 16.5 Å². The fourth-order valence-corrected chi connectivity index (χ4v) is 19.8. The first kappa shape index (κ1) is 52.4. The van der Waals surface area contributed by atoms with Crippen LogP contribution in [0.1, 0.15) is 5.56 Å². The molecule has 2 amide bonds. The van der Waals surface area contributed by atoms with Crippen molar-refractivity contribution in [2.45, 2.75) is 97.3 Å². The van der Waals surface area contributed by atoms with Crippen molar-refractivity contribution in [3.63, 3.8) is 0 Å². The summed E-state index contributed by atoms with van der Waals surface area (Å²) in [6, 6.07) is 52.5. The number of nitrogens with zero attached hydrogens (tertiary/aromatic N) is 1. The van der Waals surface area contributed by atoms with E-state index in [1.807, 2.05) is 30.3 Å². The predicted molar refractivity (Wildman–Crippen MR) is 337 cm³/mol. The third-order valence-electron chi connectivity index (χ3n) is 15.3. The van der Waals surface area contributed by atoms with E-state index >= 15 is 9.59 Å². The summed E-state index contributed by atoms with van der Waals surface area (Å²) in [6.07, 6.45) is -3.02. The maximum absolute atomic E-state index is 15.5. The molecule has 1 aliphatic rings. The number of imide groups is 1. The summed E-state index contributed by atoms with van der Waals surface area (Å²) in [7, 11) is -13.8. The Labute approximate surface area is 460 Å². The number of fused-ring (bicyclic) bond motifs is 14. The van der Waals surface area contributed by atoms with Gasteiger partial charge in [0.05, 0.1) is 38.8 Å². The smallest absolute Gasteiger partial charge is 0.388 e. The fraction of sp³-hybridized carbons (Fsp3) is 0.238. The zero-order chi connectivity index (χ0) is 54.8. The molecule has 0 bridgehead atoms. The van der Waals surface area contributed by atoms with Crippen molar-refractivity contribution in [2.75, 3.05) is 0 Å². The predicted octanol–water partition coefficient (Wildman–Crippen LogP) is 15.6. The molecule has 9 nitrogen and oxygen atoms in total. The topological polar surface area (TPSA) is 108 Å². The van der Waals surface area contributed by atoms with Gasteiger partial charge in [0.1, 0.15) is 22.3 Å². The van der Waals surface area contributed by atoms with E-state index in [1.54, 1.807) is 0 Å². The number of benzene rings is 9. The molecule has 2 aromatic heterocycles. The molecule has 1 aliphatic heterocycles. The van der Waals surface area contributed by atoms with E-state index in [0.29, 0.717) is 22.3 Å². The van der Waals surface area contributed by atoms with Crippen LogP contribution in [0.5, 0.6) is 0 Å². The van der Waals surface area contributed by atoms with Gasteiger partial charge in [0.2, 0.25) is 0 Å². The van der Waals surface area contributed by atoms with Crippen LogP contribution in [0.15, 0.2) is 168 Å². The van der Waals surface area contributed by atoms with Crippen molar-refractivity contribution < 1.29 is 35.4 Å². The van der Waals surface area contributed by atoms with Crippen molar-refractivity contribution >= 4 is 168 Å². The lowest BCUT2D eigenvalue weighted by molar-refractivity contribution is -0.141. The van der Waals surface area contributed by atoms with Crippen LogP contribution in [-0.2, 0) is 16.1 Å². The minimum atomic E-state index is -2.46. The van der Waals surface area contributed by atoms with Gasteiger partial charge in [-0.1, -0.05) is 230 Å². The Hall–Kier alpha value is -6.25. The minimum absolute atomic E-state index is 0.00386. The Morgan fingerprint density at radius 2 is 0.641 bits per heavy atom. The SMILES string of the molecule is C[Si](C)(C)c1cc2ccccc2c2c1op(O[C@H]1C(=O)N(Cc3ccccc3)C(=O)[C@@H]1Op1oc3c([Si](C)(C)C)cc4ccccc4c3c3c(o1)c([Si](C)(C)C)cc1ccccc13)oc1c([Si](C)(C)C)cc3ccccc3c12. The van der Waals surface area contributed by atoms with Crippen LogP contribution in [0, 0.1) is 0 Å². The van der Waals surface area contributed by atoms with Gasteiger partial charge in [-0.2, -0.15) is 0 Å². The number of amides is 2. The van der Waals surface area contributed by atoms with E-state index in [9.17, 15) is 0 Å². The molecule has 11 aromatic rings. The lowest BCUT2D eigenvalue weighted by atomic mass is 9.98. The average Bonchev–Trinajstić information content (AvgIpc) is 3.59. The Balaban J connectivity index is 1.16. The van der Waals surface area contributed by atoms with Crippen molar-refractivity contribution in [3.05, 3.63) is 157 Å². The molecule has 2 atom stereocenters. The lowest BCUT2D eigenvalue weighted by Crippen LogP contribution is -2.38. The summed E-state index contributed by atoms with van der Waals surface area (Å²) in [5.74, 6) is -1.12. The first-order valence-corrected chi connectivity index (χ1v) is 43.0. The second-order valence-corrected chi connectivity index (χ2v) is 47.2. The number of hydrogen-bond acceptors (Lipinski definition) is 8. The van der Waals surface area contributed by atoms with Crippen LogP contribution in [0.25, 0.3) is 87.0 Å². The van der Waals surface area contributed by atoms with E-state index in [0.717, 1.165) is 90.9 Å². The van der Waals surface area contributed by atoms with Crippen LogP contribution < -0.4 is 29.8 Å². The molecule has 3 heterocycles. The van der Waals surface area contributed by atoms with Gasteiger partial charge in [0, 0.05) is 21.5 Å². The van der Waals surface area contributed by atoms with Crippen molar-refractivity contribution in [1.29, 1.82) is 0 Å². The summed E-state index contributed by atoms with van der Waals surface area (Å²) in [5, 5.41) is 16.6. The highest BCUT2D eigenvalue weighted by Gasteiger charge is 2.52. The Morgan fingerprint density at radius 1 is 0.385 bits per heavy atom. The maximum Gasteiger partial charge on any atom is 0.388 e. The molecule has 0 aliphatic carbocycles. The lowest BCUT2D eigenvalue weighted by Gasteiger charge is -2.20. The molecule has 0 spiro atoms. The van der Waals surface area contributed by atoms with Crippen LogP contribution in [0.3, 0.4) is 0 Å². The minimum Gasteiger partial charge on any atom is -0.399 e. The number of carbonyl (C=O) groups excluding carboxylic acids is 2. The molecular weight excluding hydrogens is 1070 g/mol. The van der Waals surface area contributed by atoms with E-state index in [4.69, 9.17) is 25.8 Å². The molecule has 1 fully saturated rings. The summed E-state index contributed by atoms with van der Waals surface area (Å²) in [4.78, 5) is 32.3. The molecule has 1 saturated heterocycles. The zero-order valence-corrected chi connectivity index (χ0v) is 52.2. The normalized spacial score (nSPS) is 15.9. The molecule has 396 valence electrons. The third-order valence-corrected chi connectivity index (χ3v) is 25.4. The van der Waals surface area contributed by atoms with Crippen LogP contribution in [0.4, 0.5) is 0 Å². The van der Waals surface area contributed by atoms with Gasteiger partial charge in [0.25, 0.3) is 11.8 Å². The Morgan fingerprint density at radius 3 is 0.910 bits per heavy atom. The van der Waals surface area contributed by atoms with Crippen molar-refractivity contribution in [3.8, 4) is 0 Å². The van der Waals surface area contributed by atoms with Gasteiger partial charge < -0.3 is 16.8 Å². The van der Waals surface area contributed by atoms with E-state index < -0.39 is 72.8 Å². The molecule has 12 rings (SSSR count). The van der Waals surface area contributed by atoms with Gasteiger partial charge in [-0.25, -0.2) is 0 Å². The first-order valence-electron chi connectivity index (χ1n) is 26.8. The van der Waals surface area contributed by atoms with Crippen molar-refractivity contribution in [1.82, 2.24) is 4.90 Å². The first-order chi connectivity index (χ1) is 37.0. The number of carbonyl (C=O) groups is 2.